The number of carbonyl (C=O) groups excluding carboxylic acids is 2. The van der Waals surface area contributed by atoms with Crippen LogP contribution in [0.3, 0.4) is 0 Å². The number of carbonyl (C=O) groups is 2. The van der Waals surface area contributed by atoms with Crippen LogP contribution in [0.2, 0.25) is 0 Å². The molecule has 1 fully saturated rings. The molecule has 1 aliphatic rings. The molecule has 0 atom stereocenters. The normalized spacial score (nSPS) is 14.8. The van der Waals surface area contributed by atoms with Crippen LogP contribution in [-0.2, 0) is 9.53 Å². The number of benzene rings is 2. The molecule has 2 heterocycles. The van der Waals surface area contributed by atoms with E-state index >= 15 is 0 Å². The number of oxazole rings is 1. The van der Waals surface area contributed by atoms with Crippen molar-refractivity contribution in [2.75, 3.05) is 18.4 Å². The standard InChI is InChI=1S/C23H24FN3O4/c1-14(2)30-23(29)27-9-7-15(8-10-27)22-26-20-12-17(4-6-21(20)31-22)16-3-5-19(25-13-28)18(24)11-16/h3-6,11-15H,7-10H2,1-2H3,(H,25,28). The first-order valence-electron chi connectivity index (χ1n) is 10.3. The highest BCUT2D eigenvalue weighted by Gasteiger charge is 2.28. The predicted molar refractivity (Wildman–Crippen MR) is 114 cm³/mol. The first-order chi connectivity index (χ1) is 14.9. The van der Waals surface area contributed by atoms with E-state index in [1.165, 1.54) is 12.1 Å². The molecule has 31 heavy (non-hydrogen) atoms. The second-order valence-electron chi connectivity index (χ2n) is 7.89. The lowest BCUT2D eigenvalue weighted by Gasteiger charge is -2.30. The molecule has 2 aromatic carbocycles. The first-order valence-corrected chi connectivity index (χ1v) is 10.3. The molecule has 0 spiro atoms. The third kappa shape index (κ3) is 4.52. The molecule has 4 rings (SSSR count). The summed E-state index contributed by atoms with van der Waals surface area (Å²) in [5.41, 5.74) is 2.98. The lowest BCUT2D eigenvalue weighted by molar-refractivity contribution is -0.105. The van der Waals surface area contributed by atoms with Gasteiger partial charge < -0.3 is 19.4 Å². The van der Waals surface area contributed by atoms with Gasteiger partial charge in [-0.2, -0.15) is 0 Å². The van der Waals surface area contributed by atoms with Crippen LogP contribution in [-0.4, -0.2) is 41.6 Å². The Hall–Kier alpha value is -3.42. The van der Waals surface area contributed by atoms with Gasteiger partial charge in [-0.25, -0.2) is 14.2 Å². The number of ether oxygens (including phenoxy) is 1. The topological polar surface area (TPSA) is 84.7 Å². The number of nitrogens with one attached hydrogen (secondary N) is 1. The Morgan fingerprint density at radius 3 is 2.61 bits per heavy atom. The van der Waals surface area contributed by atoms with Gasteiger partial charge in [0.1, 0.15) is 11.3 Å². The summed E-state index contributed by atoms with van der Waals surface area (Å²) in [5.74, 6) is 0.277. The van der Waals surface area contributed by atoms with E-state index in [9.17, 15) is 14.0 Å². The van der Waals surface area contributed by atoms with Gasteiger partial charge in [-0.05, 0) is 62.1 Å². The molecule has 0 saturated carbocycles. The fourth-order valence-electron chi connectivity index (χ4n) is 3.76. The van der Waals surface area contributed by atoms with E-state index in [1.807, 2.05) is 32.0 Å². The number of hydrogen-bond donors (Lipinski definition) is 1. The molecule has 1 N–H and O–H groups in total. The van der Waals surface area contributed by atoms with Crippen LogP contribution in [0.1, 0.15) is 38.5 Å². The first kappa shape index (κ1) is 20.8. The molecular formula is C23H24FN3O4. The Morgan fingerprint density at radius 2 is 1.94 bits per heavy atom. The number of likely N-dealkylation sites (tertiary alicyclic amines) is 1. The number of aromatic nitrogens is 1. The van der Waals surface area contributed by atoms with Crippen LogP contribution in [0.5, 0.6) is 0 Å². The summed E-state index contributed by atoms with van der Waals surface area (Å²) >= 11 is 0. The minimum absolute atomic E-state index is 0.130. The van der Waals surface area contributed by atoms with Crippen LogP contribution in [0.25, 0.3) is 22.2 Å². The maximum absolute atomic E-state index is 14.1. The molecule has 7 nitrogen and oxygen atoms in total. The second-order valence-corrected chi connectivity index (χ2v) is 7.89. The van der Waals surface area contributed by atoms with Crippen LogP contribution in [0.15, 0.2) is 40.8 Å². The van der Waals surface area contributed by atoms with Gasteiger partial charge in [0, 0.05) is 19.0 Å². The summed E-state index contributed by atoms with van der Waals surface area (Å²) in [6.45, 7) is 4.87. The Kier molecular flexibility index (Phi) is 5.88. The zero-order valence-corrected chi connectivity index (χ0v) is 17.4. The molecule has 8 heteroatoms. The third-order valence-corrected chi connectivity index (χ3v) is 5.36. The van der Waals surface area contributed by atoms with Crippen molar-refractivity contribution in [3.8, 4) is 11.1 Å². The van der Waals surface area contributed by atoms with Gasteiger partial charge in [0.15, 0.2) is 11.5 Å². The molecule has 1 aromatic heterocycles. The monoisotopic (exact) mass is 425 g/mol. The largest absolute Gasteiger partial charge is 0.447 e. The lowest BCUT2D eigenvalue weighted by atomic mass is 9.97. The number of amides is 2. The molecule has 162 valence electrons. The Bertz CT molecular complexity index is 1100. The number of nitrogens with zero attached hydrogens (tertiary/aromatic N) is 2. The quantitative estimate of drug-likeness (QED) is 0.586. The molecular weight excluding hydrogens is 401 g/mol. The van der Waals surface area contributed by atoms with Crippen LogP contribution in [0.4, 0.5) is 14.9 Å². The van der Waals surface area contributed by atoms with E-state index in [0.29, 0.717) is 42.1 Å². The smallest absolute Gasteiger partial charge is 0.410 e. The van der Waals surface area contributed by atoms with Crippen molar-refractivity contribution in [1.82, 2.24) is 9.88 Å². The van der Waals surface area contributed by atoms with Gasteiger partial charge in [-0.15, -0.1) is 0 Å². The van der Waals surface area contributed by atoms with E-state index in [4.69, 9.17) is 9.15 Å². The Labute approximate surface area is 179 Å². The number of hydrogen-bond acceptors (Lipinski definition) is 5. The highest BCUT2D eigenvalue weighted by Crippen LogP contribution is 2.32. The molecule has 0 aliphatic carbocycles. The molecule has 0 unspecified atom stereocenters. The van der Waals surface area contributed by atoms with E-state index in [-0.39, 0.29) is 23.8 Å². The van der Waals surface area contributed by atoms with Crippen molar-refractivity contribution >= 4 is 29.3 Å². The molecule has 1 aliphatic heterocycles. The van der Waals surface area contributed by atoms with Crippen molar-refractivity contribution in [2.45, 2.75) is 38.7 Å². The lowest BCUT2D eigenvalue weighted by Crippen LogP contribution is -2.39. The minimum atomic E-state index is -0.506. The van der Waals surface area contributed by atoms with Gasteiger partial charge in [-0.3, -0.25) is 4.79 Å². The third-order valence-electron chi connectivity index (χ3n) is 5.36. The number of anilines is 1. The van der Waals surface area contributed by atoms with Crippen molar-refractivity contribution in [2.24, 2.45) is 0 Å². The van der Waals surface area contributed by atoms with E-state index in [0.717, 1.165) is 18.4 Å². The second kappa shape index (κ2) is 8.75. The molecule has 1 saturated heterocycles. The highest BCUT2D eigenvalue weighted by atomic mass is 19.1. The highest BCUT2D eigenvalue weighted by molar-refractivity contribution is 5.81. The zero-order valence-electron chi connectivity index (χ0n) is 17.4. The molecule has 0 bridgehead atoms. The van der Waals surface area contributed by atoms with E-state index in [1.54, 1.807) is 11.0 Å². The van der Waals surface area contributed by atoms with Gasteiger partial charge in [0.2, 0.25) is 6.41 Å². The Balaban J connectivity index is 1.49. The van der Waals surface area contributed by atoms with Crippen molar-refractivity contribution in [1.29, 1.82) is 0 Å². The van der Waals surface area contributed by atoms with Crippen LogP contribution in [0, 0.1) is 5.82 Å². The van der Waals surface area contributed by atoms with E-state index < -0.39 is 5.82 Å². The average Bonchev–Trinajstić information content (AvgIpc) is 3.18. The van der Waals surface area contributed by atoms with Gasteiger partial charge in [0.25, 0.3) is 0 Å². The van der Waals surface area contributed by atoms with Crippen LogP contribution >= 0.6 is 0 Å². The minimum Gasteiger partial charge on any atom is -0.447 e. The fraction of sp³-hybridized carbons (Fsp3) is 0.348. The van der Waals surface area contributed by atoms with Crippen LogP contribution < -0.4 is 5.32 Å². The fourth-order valence-corrected chi connectivity index (χ4v) is 3.76. The molecule has 2 amide bonds. The van der Waals surface area contributed by atoms with Crippen molar-refractivity contribution < 1.29 is 23.1 Å². The maximum Gasteiger partial charge on any atom is 0.410 e. The zero-order chi connectivity index (χ0) is 22.0. The number of fused-ring (bicyclic) bond motifs is 1. The molecule has 0 radical (unpaired) electrons. The van der Waals surface area contributed by atoms with Crippen molar-refractivity contribution in [3.63, 3.8) is 0 Å². The SMILES string of the molecule is CC(C)OC(=O)N1CCC(c2nc3cc(-c4ccc(NC=O)c(F)c4)ccc3o2)CC1. The van der Waals surface area contributed by atoms with E-state index in [2.05, 4.69) is 10.3 Å². The summed E-state index contributed by atoms with van der Waals surface area (Å²) in [6, 6.07) is 10.2. The summed E-state index contributed by atoms with van der Waals surface area (Å²) in [4.78, 5) is 29.0. The van der Waals surface area contributed by atoms with Gasteiger partial charge in [0.05, 0.1) is 11.8 Å². The number of halogens is 1. The Morgan fingerprint density at radius 1 is 1.23 bits per heavy atom. The number of rotatable bonds is 5. The summed E-state index contributed by atoms with van der Waals surface area (Å²) in [5, 5.41) is 2.33. The predicted octanol–water partition coefficient (Wildman–Crippen LogP) is 4.93. The number of piperidine rings is 1. The summed E-state index contributed by atoms with van der Waals surface area (Å²) < 4.78 is 25.4. The average molecular weight is 425 g/mol. The van der Waals surface area contributed by atoms with Crippen molar-refractivity contribution in [3.05, 3.63) is 48.1 Å². The van der Waals surface area contributed by atoms with Gasteiger partial charge in [-0.1, -0.05) is 12.1 Å². The summed E-state index contributed by atoms with van der Waals surface area (Å²) in [7, 11) is 0. The maximum atomic E-state index is 14.1. The summed E-state index contributed by atoms with van der Waals surface area (Å²) in [6.07, 6.45) is 1.53. The van der Waals surface area contributed by atoms with Gasteiger partial charge >= 0.3 is 6.09 Å². The molecule has 3 aromatic rings.